The molecular formula is C16H14FNO4. The van der Waals surface area contributed by atoms with Crippen LogP contribution < -0.4 is 10.1 Å². The van der Waals surface area contributed by atoms with Gasteiger partial charge in [0.05, 0.1) is 0 Å². The van der Waals surface area contributed by atoms with Crippen molar-refractivity contribution >= 4 is 17.6 Å². The third-order valence-corrected chi connectivity index (χ3v) is 2.92. The van der Waals surface area contributed by atoms with Gasteiger partial charge in [-0.15, -0.1) is 0 Å². The molecule has 114 valence electrons. The molecule has 0 saturated carbocycles. The van der Waals surface area contributed by atoms with Crippen molar-refractivity contribution in [2.24, 2.45) is 0 Å². The van der Waals surface area contributed by atoms with Gasteiger partial charge < -0.3 is 15.2 Å². The van der Waals surface area contributed by atoms with Gasteiger partial charge in [-0.3, -0.25) is 4.79 Å². The Hall–Kier alpha value is -2.89. The molecule has 1 amide bonds. The summed E-state index contributed by atoms with van der Waals surface area (Å²) in [5, 5.41) is 11.6. The summed E-state index contributed by atoms with van der Waals surface area (Å²) in [5.41, 5.74) is 1.04. The highest BCUT2D eigenvalue weighted by molar-refractivity contribution is 5.93. The first-order valence-corrected chi connectivity index (χ1v) is 6.48. The Morgan fingerprint density at radius 1 is 1.18 bits per heavy atom. The van der Waals surface area contributed by atoms with E-state index in [4.69, 9.17) is 9.84 Å². The summed E-state index contributed by atoms with van der Waals surface area (Å²) in [5.74, 6) is -1.84. The minimum absolute atomic E-state index is 0.00502. The summed E-state index contributed by atoms with van der Waals surface area (Å²) >= 11 is 0. The molecule has 0 fully saturated rings. The molecule has 22 heavy (non-hydrogen) atoms. The fourth-order valence-corrected chi connectivity index (χ4v) is 1.88. The second-order valence-electron chi connectivity index (χ2n) is 4.60. The first-order chi connectivity index (χ1) is 10.5. The lowest BCUT2D eigenvalue weighted by molar-refractivity contribution is -0.118. The molecule has 0 atom stereocenters. The normalized spacial score (nSPS) is 10.1. The van der Waals surface area contributed by atoms with Gasteiger partial charge in [-0.2, -0.15) is 0 Å². The molecule has 0 unspecified atom stereocenters. The molecule has 0 heterocycles. The van der Waals surface area contributed by atoms with Crippen LogP contribution in [0, 0.1) is 12.7 Å². The quantitative estimate of drug-likeness (QED) is 0.890. The minimum Gasteiger partial charge on any atom is -0.483 e. The lowest BCUT2D eigenvalue weighted by Crippen LogP contribution is -2.21. The van der Waals surface area contributed by atoms with Crippen LogP contribution >= 0.6 is 0 Å². The topological polar surface area (TPSA) is 75.6 Å². The first kappa shape index (κ1) is 15.5. The lowest BCUT2D eigenvalue weighted by atomic mass is 10.1. The summed E-state index contributed by atoms with van der Waals surface area (Å²) in [6, 6.07) is 9.99. The first-order valence-electron chi connectivity index (χ1n) is 6.48. The number of halogens is 1. The van der Waals surface area contributed by atoms with Gasteiger partial charge >= 0.3 is 5.97 Å². The van der Waals surface area contributed by atoms with E-state index in [9.17, 15) is 14.0 Å². The van der Waals surface area contributed by atoms with Crippen molar-refractivity contribution in [2.45, 2.75) is 6.92 Å². The average Bonchev–Trinajstić information content (AvgIpc) is 2.48. The Kier molecular flexibility index (Phi) is 4.73. The SMILES string of the molecule is Cc1cccc(C(=O)O)c1OCC(=O)Nc1ccc(F)cc1. The van der Waals surface area contributed by atoms with Gasteiger partial charge in [-0.05, 0) is 42.8 Å². The minimum atomic E-state index is -1.13. The number of aryl methyl sites for hydroxylation is 1. The highest BCUT2D eigenvalue weighted by atomic mass is 19.1. The van der Waals surface area contributed by atoms with E-state index in [1.807, 2.05) is 0 Å². The van der Waals surface area contributed by atoms with E-state index in [1.54, 1.807) is 19.1 Å². The van der Waals surface area contributed by atoms with E-state index in [0.717, 1.165) is 0 Å². The second kappa shape index (κ2) is 6.71. The van der Waals surface area contributed by atoms with Crippen LogP contribution in [0.3, 0.4) is 0 Å². The molecule has 2 aromatic carbocycles. The number of hydrogen-bond donors (Lipinski definition) is 2. The van der Waals surface area contributed by atoms with Crippen LogP contribution in [0.2, 0.25) is 0 Å². The van der Waals surface area contributed by atoms with Gasteiger partial charge in [0, 0.05) is 5.69 Å². The maximum atomic E-state index is 12.8. The number of amides is 1. The number of hydrogen-bond acceptors (Lipinski definition) is 3. The Morgan fingerprint density at radius 3 is 2.50 bits per heavy atom. The van der Waals surface area contributed by atoms with Crippen molar-refractivity contribution < 1.29 is 23.8 Å². The Balaban J connectivity index is 2.02. The van der Waals surface area contributed by atoms with E-state index < -0.39 is 17.7 Å². The van der Waals surface area contributed by atoms with Gasteiger partial charge in [0.15, 0.2) is 6.61 Å². The molecule has 2 rings (SSSR count). The Labute approximate surface area is 126 Å². The number of para-hydroxylation sites is 1. The number of aromatic carboxylic acids is 1. The lowest BCUT2D eigenvalue weighted by Gasteiger charge is -2.12. The zero-order valence-corrected chi connectivity index (χ0v) is 11.8. The number of carbonyl (C=O) groups is 2. The number of anilines is 1. The van der Waals surface area contributed by atoms with E-state index in [2.05, 4.69) is 5.32 Å². The summed E-state index contributed by atoms with van der Waals surface area (Å²) < 4.78 is 18.1. The van der Waals surface area contributed by atoms with Crippen LogP contribution in [0.25, 0.3) is 0 Å². The summed E-state index contributed by atoms with van der Waals surface area (Å²) in [7, 11) is 0. The molecule has 2 aromatic rings. The van der Waals surface area contributed by atoms with E-state index in [-0.39, 0.29) is 17.9 Å². The van der Waals surface area contributed by atoms with Crippen LogP contribution in [0.15, 0.2) is 42.5 Å². The maximum Gasteiger partial charge on any atom is 0.339 e. The van der Waals surface area contributed by atoms with Gasteiger partial charge in [0.2, 0.25) is 0 Å². The monoisotopic (exact) mass is 303 g/mol. The number of rotatable bonds is 5. The van der Waals surface area contributed by atoms with E-state index in [0.29, 0.717) is 11.3 Å². The molecular weight excluding hydrogens is 289 g/mol. The van der Waals surface area contributed by atoms with E-state index in [1.165, 1.54) is 30.3 Å². The maximum absolute atomic E-state index is 12.8. The van der Waals surface area contributed by atoms with Crippen LogP contribution in [0.1, 0.15) is 15.9 Å². The van der Waals surface area contributed by atoms with Gasteiger partial charge in [-0.25, -0.2) is 9.18 Å². The molecule has 6 heteroatoms. The number of nitrogens with one attached hydrogen (secondary N) is 1. The Morgan fingerprint density at radius 2 is 1.86 bits per heavy atom. The zero-order chi connectivity index (χ0) is 16.1. The molecule has 5 nitrogen and oxygen atoms in total. The van der Waals surface area contributed by atoms with Crippen molar-refractivity contribution in [3.05, 3.63) is 59.4 Å². The zero-order valence-electron chi connectivity index (χ0n) is 11.8. The largest absolute Gasteiger partial charge is 0.483 e. The van der Waals surface area contributed by atoms with Crippen molar-refractivity contribution in [1.82, 2.24) is 0 Å². The van der Waals surface area contributed by atoms with Crippen molar-refractivity contribution in [3.63, 3.8) is 0 Å². The highest BCUT2D eigenvalue weighted by Gasteiger charge is 2.14. The molecule has 0 aliphatic rings. The van der Waals surface area contributed by atoms with Crippen molar-refractivity contribution in [2.75, 3.05) is 11.9 Å². The number of ether oxygens (including phenoxy) is 1. The van der Waals surface area contributed by atoms with Crippen LogP contribution in [-0.4, -0.2) is 23.6 Å². The fourth-order valence-electron chi connectivity index (χ4n) is 1.88. The standard InChI is InChI=1S/C16H14FNO4/c1-10-3-2-4-13(16(20)21)15(10)22-9-14(19)18-12-7-5-11(17)6-8-12/h2-8H,9H2,1H3,(H,18,19)(H,20,21). The van der Waals surface area contributed by atoms with Crippen molar-refractivity contribution in [1.29, 1.82) is 0 Å². The second-order valence-corrected chi connectivity index (χ2v) is 4.60. The van der Waals surface area contributed by atoms with Gasteiger partial charge in [0.1, 0.15) is 17.1 Å². The Bertz CT molecular complexity index is 698. The third kappa shape index (κ3) is 3.82. The fraction of sp³-hybridized carbons (Fsp3) is 0.125. The average molecular weight is 303 g/mol. The highest BCUT2D eigenvalue weighted by Crippen LogP contribution is 2.23. The predicted molar refractivity (Wildman–Crippen MR) is 78.7 cm³/mol. The molecule has 2 N–H and O–H groups in total. The van der Waals surface area contributed by atoms with Crippen LogP contribution in [0.4, 0.5) is 10.1 Å². The molecule has 0 spiro atoms. The smallest absolute Gasteiger partial charge is 0.339 e. The summed E-state index contributed by atoms with van der Waals surface area (Å²) in [6.45, 7) is 1.35. The number of carboxylic acids is 1. The predicted octanol–water partition coefficient (Wildman–Crippen LogP) is 2.85. The molecule has 0 saturated heterocycles. The third-order valence-electron chi connectivity index (χ3n) is 2.92. The van der Waals surface area contributed by atoms with E-state index >= 15 is 0 Å². The number of benzene rings is 2. The van der Waals surface area contributed by atoms with Crippen LogP contribution in [0.5, 0.6) is 5.75 Å². The van der Waals surface area contributed by atoms with Gasteiger partial charge in [-0.1, -0.05) is 12.1 Å². The molecule has 0 aliphatic carbocycles. The molecule has 0 bridgehead atoms. The number of carboxylic acid groups (broad SMARTS) is 1. The van der Waals surface area contributed by atoms with Crippen molar-refractivity contribution in [3.8, 4) is 5.75 Å². The summed E-state index contributed by atoms with van der Waals surface area (Å²) in [4.78, 5) is 22.9. The molecule has 0 radical (unpaired) electrons. The number of carbonyl (C=O) groups excluding carboxylic acids is 1. The van der Waals surface area contributed by atoms with Crippen LogP contribution in [-0.2, 0) is 4.79 Å². The van der Waals surface area contributed by atoms with Gasteiger partial charge in [0.25, 0.3) is 5.91 Å². The molecule has 0 aromatic heterocycles. The molecule has 0 aliphatic heterocycles. The summed E-state index contributed by atoms with van der Waals surface area (Å²) in [6.07, 6.45) is 0.